The monoisotopic (exact) mass is 448 g/mol. The molecule has 4 rings (SSSR count). The van der Waals surface area contributed by atoms with Gasteiger partial charge < -0.3 is 4.90 Å². The van der Waals surface area contributed by atoms with Crippen LogP contribution in [-0.2, 0) is 34.2 Å². The minimum atomic E-state index is -3.66. The van der Waals surface area contributed by atoms with Crippen molar-refractivity contribution in [3.63, 3.8) is 0 Å². The summed E-state index contributed by atoms with van der Waals surface area (Å²) in [4.78, 5) is 14.1. The number of carbonyl (C=O) groups is 1. The number of halogens is 1. The number of sulfonamides is 1. The van der Waals surface area contributed by atoms with Crippen LogP contribution in [0.15, 0.2) is 45.8 Å². The number of nitrogens with zero attached hydrogens (tertiary/aromatic N) is 2. The van der Waals surface area contributed by atoms with Crippen LogP contribution in [-0.4, -0.2) is 31.7 Å². The first-order valence-electron chi connectivity index (χ1n) is 9.11. The van der Waals surface area contributed by atoms with Gasteiger partial charge >= 0.3 is 0 Å². The highest BCUT2D eigenvalue weighted by Crippen LogP contribution is 2.37. The molecule has 0 aromatic heterocycles. The van der Waals surface area contributed by atoms with E-state index in [2.05, 4.69) is 22.0 Å². The van der Waals surface area contributed by atoms with Crippen molar-refractivity contribution in [2.45, 2.75) is 37.6 Å². The smallest absolute Gasteiger partial charge is 0.244 e. The summed E-state index contributed by atoms with van der Waals surface area (Å²) in [7, 11) is -3.66. The van der Waals surface area contributed by atoms with Crippen LogP contribution in [0.4, 0.5) is 5.69 Å². The summed E-state index contributed by atoms with van der Waals surface area (Å²) in [5.41, 5.74) is 3.98. The second-order valence-corrected chi connectivity index (χ2v) is 9.68. The van der Waals surface area contributed by atoms with Gasteiger partial charge in [0.1, 0.15) is 0 Å². The average molecular weight is 449 g/mol. The third kappa shape index (κ3) is 3.22. The van der Waals surface area contributed by atoms with Gasteiger partial charge in [-0.2, -0.15) is 4.31 Å². The van der Waals surface area contributed by atoms with Gasteiger partial charge in [0, 0.05) is 36.2 Å². The molecule has 0 aliphatic carbocycles. The van der Waals surface area contributed by atoms with Crippen molar-refractivity contribution in [2.75, 3.05) is 18.0 Å². The number of benzene rings is 2. The fourth-order valence-electron chi connectivity index (χ4n) is 3.85. The van der Waals surface area contributed by atoms with E-state index in [0.29, 0.717) is 36.9 Å². The Bertz CT molecular complexity index is 1020. The molecule has 27 heavy (non-hydrogen) atoms. The molecule has 0 fully saturated rings. The van der Waals surface area contributed by atoms with Crippen molar-refractivity contribution in [3.05, 3.63) is 57.6 Å². The first-order valence-corrected chi connectivity index (χ1v) is 11.3. The van der Waals surface area contributed by atoms with E-state index < -0.39 is 10.0 Å². The molecule has 0 radical (unpaired) electrons. The van der Waals surface area contributed by atoms with E-state index >= 15 is 0 Å². The van der Waals surface area contributed by atoms with Gasteiger partial charge in [-0.1, -0.05) is 31.2 Å². The molecule has 0 bridgehead atoms. The highest BCUT2D eigenvalue weighted by Gasteiger charge is 2.33. The maximum Gasteiger partial charge on any atom is 0.244 e. The van der Waals surface area contributed by atoms with Gasteiger partial charge in [0.15, 0.2) is 0 Å². The second-order valence-electron chi connectivity index (χ2n) is 6.92. The number of amides is 1. The summed E-state index contributed by atoms with van der Waals surface area (Å²) in [6.07, 6.45) is 1.86. The molecule has 2 heterocycles. The van der Waals surface area contributed by atoms with Gasteiger partial charge in [-0.3, -0.25) is 4.79 Å². The predicted molar refractivity (Wildman–Crippen MR) is 108 cm³/mol. The summed E-state index contributed by atoms with van der Waals surface area (Å²) >= 11 is 3.45. The van der Waals surface area contributed by atoms with Gasteiger partial charge in [-0.05, 0) is 57.6 Å². The molecule has 0 N–H and O–H groups in total. The van der Waals surface area contributed by atoms with Gasteiger partial charge in [0.25, 0.3) is 0 Å². The number of anilines is 1. The van der Waals surface area contributed by atoms with Crippen LogP contribution in [0, 0.1) is 0 Å². The minimum Gasteiger partial charge on any atom is -0.312 e. The molecule has 0 atom stereocenters. The van der Waals surface area contributed by atoms with Crippen molar-refractivity contribution in [3.8, 4) is 0 Å². The Labute approximate surface area is 168 Å². The third-order valence-corrected chi connectivity index (χ3v) is 8.15. The molecule has 7 heteroatoms. The zero-order valence-electron chi connectivity index (χ0n) is 15.1. The van der Waals surface area contributed by atoms with Gasteiger partial charge in [-0.25, -0.2) is 8.42 Å². The van der Waals surface area contributed by atoms with Crippen molar-refractivity contribution in [1.29, 1.82) is 0 Å². The molecular weight excluding hydrogens is 428 g/mol. The van der Waals surface area contributed by atoms with Crippen LogP contribution in [0.1, 0.15) is 30.0 Å². The molecule has 1 amide bonds. The zero-order valence-corrected chi connectivity index (χ0v) is 17.5. The van der Waals surface area contributed by atoms with E-state index in [0.717, 1.165) is 23.2 Å². The van der Waals surface area contributed by atoms with Crippen LogP contribution >= 0.6 is 15.9 Å². The largest absolute Gasteiger partial charge is 0.312 e. The standard InChI is InChI=1S/C20H21BrN2O3S/c1-2-20(24)23-10-8-15-11-17(21)19(12-18(15)23)27(25,26)22-9-7-14-5-3-4-6-16(14)13-22/h3-6,11-12H,2,7-10,13H2,1H3. The molecule has 0 spiro atoms. The number of rotatable bonds is 3. The molecule has 0 saturated carbocycles. The Balaban J connectivity index is 1.72. The molecule has 0 unspecified atom stereocenters. The normalized spacial score (nSPS) is 16.9. The number of carbonyl (C=O) groups excluding carboxylic acids is 1. The van der Waals surface area contributed by atoms with Crippen LogP contribution in [0.3, 0.4) is 0 Å². The van der Waals surface area contributed by atoms with Gasteiger partial charge in [0.05, 0.1) is 4.90 Å². The Morgan fingerprint density at radius 1 is 1.07 bits per heavy atom. The maximum absolute atomic E-state index is 13.4. The summed E-state index contributed by atoms with van der Waals surface area (Å²) in [5.74, 6) is 0.0197. The van der Waals surface area contributed by atoms with Gasteiger partial charge in [0.2, 0.25) is 15.9 Å². The molecule has 2 aromatic carbocycles. The second kappa shape index (κ2) is 7.04. The third-order valence-electron chi connectivity index (χ3n) is 5.35. The van der Waals surface area contributed by atoms with Crippen LogP contribution in [0.25, 0.3) is 0 Å². The maximum atomic E-state index is 13.4. The van der Waals surface area contributed by atoms with E-state index in [4.69, 9.17) is 0 Å². The Kier molecular flexibility index (Phi) is 4.86. The molecule has 2 aromatic rings. The number of hydrogen-bond acceptors (Lipinski definition) is 3. The topological polar surface area (TPSA) is 57.7 Å². The Hall–Kier alpha value is -1.70. The summed E-state index contributed by atoms with van der Waals surface area (Å²) in [6.45, 7) is 3.26. The summed E-state index contributed by atoms with van der Waals surface area (Å²) < 4.78 is 28.8. The Morgan fingerprint density at radius 2 is 1.78 bits per heavy atom. The van der Waals surface area contributed by atoms with E-state index in [9.17, 15) is 13.2 Å². The molecule has 5 nitrogen and oxygen atoms in total. The van der Waals surface area contributed by atoms with E-state index in [1.165, 1.54) is 9.87 Å². The van der Waals surface area contributed by atoms with Gasteiger partial charge in [-0.15, -0.1) is 0 Å². The SMILES string of the molecule is CCC(=O)N1CCc2cc(Br)c(S(=O)(=O)N3CCc4ccccc4C3)cc21. The summed E-state index contributed by atoms with van der Waals surface area (Å²) in [5, 5.41) is 0. The average Bonchev–Trinajstić information content (AvgIpc) is 3.08. The minimum absolute atomic E-state index is 0.0197. The van der Waals surface area contributed by atoms with E-state index in [1.807, 2.05) is 31.2 Å². The first kappa shape index (κ1) is 18.7. The van der Waals surface area contributed by atoms with E-state index in [1.54, 1.807) is 11.0 Å². The predicted octanol–water partition coefficient (Wildman–Crippen LogP) is 3.50. The lowest BCUT2D eigenvalue weighted by Gasteiger charge is -2.29. The van der Waals surface area contributed by atoms with Crippen molar-refractivity contribution >= 4 is 37.5 Å². The van der Waals surface area contributed by atoms with Crippen molar-refractivity contribution < 1.29 is 13.2 Å². The molecule has 142 valence electrons. The highest BCUT2D eigenvalue weighted by atomic mass is 79.9. The molecule has 2 aliphatic heterocycles. The lowest BCUT2D eigenvalue weighted by molar-refractivity contribution is -0.118. The molecule has 2 aliphatic rings. The highest BCUT2D eigenvalue weighted by molar-refractivity contribution is 9.10. The van der Waals surface area contributed by atoms with E-state index in [-0.39, 0.29) is 10.8 Å². The number of fused-ring (bicyclic) bond motifs is 2. The Morgan fingerprint density at radius 3 is 2.52 bits per heavy atom. The lowest BCUT2D eigenvalue weighted by atomic mass is 10.0. The zero-order chi connectivity index (χ0) is 19.2. The van der Waals surface area contributed by atoms with Crippen molar-refractivity contribution in [2.24, 2.45) is 0 Å². The molecular formula is C20H21BrN2O3S. The van der Waals surface area contributed by atoms with Crippen LogP contribution in [0.5, 0.6) is 0 Å². The van der Waals surface area contributed by atoms with Crippen LogP contribution in [0.2, 0.25) is 0 Å². The molecule has 0 saturated heterocycles. The van der Waals surface area contributed by atoms with Crippen molar-refractivity contribution in [1.82, 2.24) is 4.31 Å². The number of hydrogen-bond donors (Lipinski definition) is 0. The summed E-state index contributed by atoms with van der Waals surface area (Å²) in [6, 6.07) is 11.5. The fourth-order valence-corrected chi connectivity index (χ4v) is 6.34. The fraction of sp³-hybridized carbons (Fsp3) is 0.350. The first-order chi connectivity index (χ1) is 12.9. The van der Waals surface area contributed by atoms with Crippen LogP contribution < -0.4 is 4.90 Å². The quantitative estimate of drug-likeness (QED) is 0.721. The lowest BCUT2D eigenvalue weighted by Crippen LogP contribution is -2.36.